The molecule has 1 unspecified atom stereocenters. The molecule has 0 aromatic heterocycles. The molecule has 0 bridgehead atoms. The van der Waals surface area contributed by atoms with Crippen LogP contribution >= 0.6 is 11.8 Å². The average Bonchev–Trinajstić information content (AvgIpc) is 3.12. The van der Waals surface area contributed by atoms with Crippen molar-refractivity contribution in [3.8, 4) is 0 Å². The van der Waals surface area contributed by atoms with Gasteiger partial charge < -0.3 is 10.2 Å². The minimum Gasteiger partial charge on any atom is -0.323 e. The van der Waals surface area contributed by atoms with Crippen molar-refractivity contribution in [1.82, 2.24) is 10.2 Å². The smallest absolute Gasteiger partial charge is 0.237 e. The molecule has 1 aliphatic carbocycles. The molecule has 0 spiro atoms. The van der Waals surface area contributed by atoms with E-state index in [9.17, 15) is 13.2 Å². The Bertz CT molecular complexity index is 407. The lowest BCUT2D eigenvalue weighted by Gasteiger charge is -2.34. The van der Waals surface area contributed by atoms with E-state index in [4.69, 9.17) is 0 Å². The summed E-state index contributed by atoms with van der Waals surface area (Å²) in [6.45, 7) is 1.66. The highest BCUT2D eigenvalue weighted by Crippen LogP contribution is 2.27. The lowest BCUT2D eigenvalue weighted by Crippen LogP contribution is -2.52. The Hall–Kier alpha value is -0.270. The van der Waals surface area contributed by atoms with Crippen LogP contribution in [0.5, 0.6) is 0 Å². The maximum absolute atomic E-state index is 12.0. The Labute approximate surface area is 113 Å². The van der Waals surface area contributed by atoms with Crippen LogP contribution in [0.4, 0.5) is 0 Å². The Balaban J connectivity index is 1.88. The molecule has 0 radical (unpaired) electrons. The minimum atomic E-state index is -3.19. The topological polar surface area (TPSA) is 66.5 Å². The van der Waals surface area contributed by atoms with Crippen LogP contribution in [0.2, 0.25) is 0 Å². The van der Waals surface area contributed by atoms with Gasteiger partial charge in [-0.1, -0.05) is 0 Å². The van der Waals surface area contributed by atoms with Crippen LogP contribution in [0, 0.1) is 5.92 Å². The van der Waals surface area contributed by atoms with Crippen molar-refractivity contribution in [2.75, 3.05) is 37.4 Å². The summed E-state index contributed by atoms with van der Waals surface area (Å²) in [4.78, 5) is 13.6. The number of sulfone groups is 1. The molecule has 1 aliphatic heterocycles. The fraction of sp³-hybridized carbons (Fsp3) is 0.909. The van der Waals surface area contributed by atoms with Gasteiger partial charge >= 0.3 is 0 Å². The Kier molecular flexibility index (Phi) is 4.55. The first-order chi connectivity index (χ1) is 8.48. The van der Waals surface area contributed by atoms with Crippen molar-refractivity contribution in [3.63, 3.8) is 0 Å². The van der Waals surface area contributed by atoms with Crippen molar-refractivity contribution in [2.24, 2.45) is 5.92 Å². The van der Waals surface area contributed by atoms with Crippen LogP contribution < -0.4 is 5.32 Å². The van der Waals surface area contributed by atoms with Gasteiger partial charge in [0.15, 0.2) is 9.84 Å². The zero-order valence-electron chi connectivity index (χ0n) is 10.6. The number of hydrogen-bond acceptors (Lipinski definition) is 5. The molecule has 0 aromatic carbocycles. The summed E-state index contributed by atoms with van der Waals surface area (Å²) in [6.07, 6.45) is 3.70. The number of carbonyl (C=O) groups is 1. The average molecular weight is 292 g/mol. The summed E-state index contributed by atoms with van der Waals surface area (Å²) in [5.74, 6) is 1.94. The second kappa shape index (κ2) is 5.79. The van der Waals surface area contributed by atoms with Gasteiger partial charge in [-0.3, -0.25) is 4.79 Å². The lowest BCUT2D eigenvalue weighted by atomic mass is 10.4. The van der Waals surface area contributed by atoms with Crippen molar-refractivity contribution < 1.29 is 13.2 Å². The quantitative estimate of drug-likeness (QED) is 0.768. The molecule has 1 amide bonds. The predicted molar refractivity (Wildman–Crippen MR) is 73.3 cm³/mol. The van der Waals surface area contributed by atoms with Gasteiger partial charge in [0.2, 0.25) is 5.91 Å². The summed E-state index contributed by atoms with van der Waals surface area (Å²) >= 11 is 1.60. The molecule has 2 fully saturated rings. The molecule has 104 valence electrons. The normalized spacial score (nSPS) is 25.2. The largest absolute Gasteiger partial charge is 0.323 e. The van der Waals surface area contributed by atoms with Crippen LogP contribution in [0.15, 0.2) is 0 Å². The summed E-state index contributed by atoms with van der Waals surface area (Å²) in [7, 11) is -3.19. The number of hydrogen-bond donors (Lipinski definition) is 1. The van der Waals surface area contributed by atoms with Crippen LogP contribution in [0.25, 0.3) is 0 Å². The molecule has 1 saturated carbocycles. The van der Waals surface area contributed by atoms with E-state index in [0.29, 0.717) is 12.3 Å². The summed E-state index contributed by atoms with van der Waals surface area (Å²) < 4.78 is 23.3. The van der Waals surface area contributed by atoms with E-state index < -0.39 is 15.2 Å². The van der Waals surface area contributed by atoms with Gasteiger partial charge in [-0.2, -0.15) is 11.8 Å². The van der Waals surface area contributed by atoms with E-state index in [1.165, 1.54) is 24.0 Å². The molecular weight excluding hydrogens is 272 g/mol. The van der Waals surface area contributed by atoms with Gasteiger partial charge in [-0.05, 0) is 25.3 Å². The zero-order chi connectivity index (χ0) is 13.2. The highest BCUT2D eigenvalue weighted by molar-refractivity contribution is 8.00. The molecule has 2 rings (SSSR count). The molecule has 0 aromatic rings. The van der Waals surface area contributed by atoms with E-state index in [-0.39, 0.29) is 12.5 Å². The highest BCUT2D eigenvalue weighted by atomic mass is 32.2. The minimum absolute atomic E-state index is 0.0913. The van der Waals surface area contributed by atoms with E-state index in [2.05, 4.69) is 5.32 Å². The second-order valence-corrected chi connectivity index (χ2v) is 8.37. The molecule has 18 heavy (non-hydrogen) atoms. The summed E-state index contributed by atoms with van der Waals surface area (Å²) in [5, 5.41) is 2.48. The first kappa shape index (κ1) is 14.1. The maximum atomic E-state index is 12.0. The molecule has 1 heterocycles. The fourth-order valence-corrected chi connectivity index (χ4v) is 4.86. The maximum Gasteiger partial charge on any atom is 0.237 e. The monoisotopic (exact) mass is 292 g/mol. The van der Waals surface area contributed by atoms with E-state index in [0.717, 1.165) is 18.2 Å². The number of nitrogens with zero attached hydrogens (tertiary/aromatic N) is 1. The second-order valence-electron chi connectivity index (χ2n) is 5.02. The number of rotatable bonds is 5. The van der Waals surface area contributed by atoms with Crippen LogP contribution in [-0.2, 0) is 14.6 Å². The van der Waals surface area contributed by atoms with Gasteiger partial charge in [0.25, 0.3) is 0 Å². The van der Waals surface area contributed by atoms with Gasteiger partial charge in [-0.15, -0.1) is 0 Å². The third kappa shape index (κ3) is 3.86. The standard InChI is InChI=1S/C11H20N2O3S2/c1-18(15,16)11-8-17-5-4-13(11)10(14)7-12-6-9-2-3-9/h9,11-12H,2-8H2,1H3. The molecule has 1 N–H and O–H groups in total. The van der Waals surface area contributed by atoms with Crippen LogP contribution in [0.1, 0.15) is 12.8 Å². The van der Waals surface area contributed by atoms with Crippen LogP contribution in [-0.4, -0.2) is 62.0 Å². The van der Waals surface area contributed by atoms with E-state index in [1.807, 2.05) is 0 Å². The number of nitrogens with one attached hydrogen (secondary N) is 1. The predicted octanol–water partition coefficient (Wildman–Crippen LogP) is -0.0679. The van der Waals surface area contributed by atoms with Gasteiger partial charge in [0.1, 0.15) is 5.37 Å². The first-order valence-corrected chi connectivity index (χ1v) is 9.36. The number of thioether (sulfide) groups is 1. The zero-order valence-corrected chi connectivity index (χ0v) is 12.2. The molecule has 7 heteroatoms. The fourth-order valence-electron chi connectivity index (χ4n) is 2.03. The Morgan fingerprint density at radius 2 is 2.17 bits per heavy atom. The lowest BCUT2D eigenvalue weighted by molar-refractivity contribution is -0.130. The summed E-state index contributed by atoms with van der Waals surface area (Å²) in [5.41, 5.74) is 0. The first-order valence-electron chi connectivity index (χ1n) is 6.25. The third-order valence-electron chi connectivity index (χ3n) is 3.31. The van der Waals surface area contributed by atoms with Crippen molar-refractivity contribution in [1.29, 1.82) is 0 Å². The number of carbonyl (C=O) groups excluding carboxylic acids is 1. The molecule has 2 aliphatic rings. The Morgan fingerprint density at radius 1 is 1.44 bits per heavy atom. The Morgan fingerprint density at radius 3 is 2.78 bits per heavy atom. The van der Waals surface area contributed by atoms with Gasteiger partial charge in [0.05, 0.1) is 6.54 Å². The van der Waals surface area contributed by atoms with E-state index >= 15 is 0 Å². The van der Waals surface area contributed by atoms with Crippen molar-refractivity contribution in [2.45, 2.75) is 18.2 Å². The van der Waals surface area contributed by atoms with Crippen LogP contribution in [0.3, 0.4) is 0 Å². The van der Waals surface area contributed by atoms with Gasteiger partial charge in [-0.25, -0.2) is 8.42 Å². The highest BCUT2D eigenvalue weighted by Gasteiger charge is 2.33. The molecule has 5 nitrogen and oxygen atoms in total. The molecule has 1 atom stereocenters. The molecular formula is C11H20N2O3S2. The molecule has 1 saturated heterocycles. The van der Waals surface area contributed by atoms with Gasteiger partial charge in [0, 0.05) is 24.3 Å². The van der Waals surface area contributed by atoms with Crippen molar-refractivity contribution >= 4 is 27.5 Å². The van der Waals surface area contributed by atoms with Crippen molar-refractivity contribution in [3.05, 3.63) is 0 Å². The SMILES string of the molecule is CS(=O)(=O)C1CSCCN1C(=O)CNCC1CC1. The summed E-state index contributed by atoms with van der Waals surface area (Å²) in [6, 6.07) is 0. The van der Waals surface area contributed by atoms with E-state index in [1.54, 1.807) is 11.8 Å². The number of amides is 1. The third-order valence-corrected chi connectivity index (χ3v) is 5.95.